The average molecular weight is 450 g/mol. The smallest absolute Gasteiger partial charge is 0.224 e. The maximum atomic E-state index is 14.3. The first-order valence-electron chi connectivity index (χ1n) is 10.8. The standard InChI is InChI=1S/C21H25F3N6O2/c22-11-7-15(23)18(16(24)8-11)28-21-27-17-9-25-20(26-12-1-3-14(31)4-2-12)29-19(17)30(21)13-5-6-32-10-13/h7-9,12-14,21,27-28,31H,1-6,10H2,(H,25,26,29)/t12?,13-,14?,21?/m0/s1. The fourth-order valence-electron chi connectivity index (χ4n) is 4.53. The number of nitrogens with zero attached hydrogens (tertiary/aromatic N) is 3. The molecule has 4 N–H and O–H groups in total. The lowest BCUT2D eigenvalue weighted by molar-refractivity contribution is 0.126. The highest BCUT2D eigenvalue weighted by Gasteiger charge is 2.38. The molecule has 1 aliphatic carbocycles. The average Bonchev–Trinajstić information content (AvgIpc) is 3.39. The van der Waals surface area contributed by atoms with E-state index in [-0.39, 0.29) is 18.2 Å². The zero-order chi connectivity index (χ0) is 22.2. The van der Waals surface area contributed by atoms with Crippen LogP contribution in [0.1, 0.15) is 32.1 Å². The summed E-state index contributed by atoms with van der Waals surface area (Å²) in [4.78, 5) is 11.0. The van der Waals surface area contributed by atoms with Gasteiger partial charge in [0.2, 0.25) is 5.95 Å². The predicted molar refractivity (Wildman–Crippen MR) is 113 cm³/mol. The molecule has 2 aromatic rings. The van der Waals surface area contributed by atoms with Gasteiger partial charge in [-0.15, -0.1) is 0 Å². The van der Waals surface area contributed by atoms with E-state index in [1.807, 2.05) is 4.90 Å². The first kappa shape index (κ1) is 21.1. The number of hydrogen-bond donors (Lipinski definition) is 4. The molecule has 1 aromatic heterocycles. The Kier molecular flexibility index (Phi) is 5.68. The van der Waals surface area contributed by atoms with Crippen molar-refractivity contribution in [1.29, 1.82) is 0 Å². The van der Waals surface area contributed by atoms with Gasteiger partial charge in [-0.3, -0.25) is 0 Å². The van der Waals surface area contributed by atoms with E-state index in [9.17, 15) is 18.3 Å². The summed E-state index contributed by atoms with van der Waals surface area (Å²) >= 11 is 0. The fourth-order valence-corrected chi connectivity index (χ4v) is 4.53. The van der Waals surface area contributed by atoms with Crippen LogP contribution >= 0.6 is 0 Å². The lowest BCUT2D eigenvalue weighted by Gasteiger charge is -2.32. The van der Waals surface area contributed by atoms with Crippen molar-refractivity contribution >= 4 is 23.1 Å². The number of anilines is 4. The summed E-state index contributed by atoms with van der Waals surface area (Å²) in [5.41, 5.74) is 0.189. The van der Waals surface area contributed by atoms with E-state index in [1.54, 1.807) is 6.20 Å². The SMILES string of the molecule is OC1CCC(Nc2ncc3c(n2)N([C@H]2CCOC2)C(Nc2c(F)cc(F)cc2F)N3)CC1. The molecule has 0 radical (unpaired) electrons. The Bertz CT molecular complexity index is 959. The van der Waals surface area contributed by atoms with E-state index in [2.05, 4.69) is 25.9 Å². The second-order valence-corrected chi connectivity index (χ2v) is 8.44. The van der Waals surface area contributed by atoms with Crippen LogP contribution in [0.15, 0.2) is 18.3 Å². The van der Waals surface area contributed by atoms with Gasteiger partial charge in [-0.25, -0.2) is 18.2 Å². The van der Waals surface area contributed by atoms with Gasteiger partial charge in [-0.05, 0) is 32.1 Å². The van der Waals surface area contributed by atoms with Crippen LogP contribution in [0.25, 0.3) is 0 Å². The lowest BCUT2D eigenvalue weighted by atomic mass is 9.93. The number of ether oxygens (including phenoxy) is 1. The van der Waals surface area contributed by atoms with Crippen molar-refractivity contribution in [3.63, 3.8) is 0 Å². The van der Waals surface area contributed by atoms with E-state index >= 15 is 0 Å². The third kappa shape index (κ3) is 4.14. The molecule has 5 rings (SSSR count). The van der Waals surface area contributed by atoms with Crippen molar-refractivity contribution < 1.29 is 23.0 Å². The van der Waals surface area contributed by atoms with Crippen LogP contribution in [0.2, 0.25) is 0 Å². The second kappa shape index (κ2) is 8.62. The Morgan fingerprint density at radius 2 is 1.81 bits per heavy atom. The van der Waals surface area contributed by atoms with Gasteiger partial charge in [0.25, 0.3) is 0 Å². The minimum Gasteiger partial charge on any atom is -0.393 e. The van der Waals surface area contributed by atoms with Gasteiger partial charge in [0.1, 0.15) is 11.5 Å². The van der Waals surface area contributed by atoms with E-state index in [0.717, 1.165) is 32.1 Å². The third-order valence-corrected chi connectivity index (χ3v) is 6.20. The largest absolute Gasteiger partial charge is 0.393 e. The van der Waals surface area contributed by atoms with Crippen molar-refractivity contribution in [1.82, 2.24) is 9.97 Å². The number of benzene rings is 1. The normalized spacial score (nSPS) is 27.2. The summed E-state index contributed by atoms with van der Waals surface area (Å²) in [5.74, 6) is -1.97. The topological polar surface area (TPSA) is 94.6 Å². The number of aliphatic hydroxyl groups is 1. The molecule has 2 fully saturated rings. The third-order valence-electron chi connectivity index (χ3n) is 6.20. The summed E-state index contributed by atoms with van der Waals surface area (Å²) in [6, 6.07) is 1.38. The molecule has 0 bridgehead atoms. The molecular weight excluding hydrogens is 425 g/mol. The molecule has 8 nitrogen and oxygen atoms in total. The Morgan fingerprint density at radius 1 is 1.06 bits per heavy atom. The Balaban J connectivity index is 1.40. The van der Waals surface area contributed by atoms with E-state index in [0.29, 0.717) is 42.8 Å². The summed E-state index contributed by atoms with van der Waals surface area (Å²) < 4.78 is 47.4. The van der Waals surface area contributed by atoms with Gasteiger partial charge in [0, 0.05) is 24.8 Å². The van der Waals surface area contributed by atoms with E-state index in [4.69, 9.17) is 4.74 Å². The highest BCUT2D eigenvalue weighted by atomic mass is 19.1. The van der Waals surface area contributed by atoms with Crippen LogP contribution in [0.3, 0.4) is 0 Å². The van der Waals surface area contributed by atoms with Crippen molar-refractivity contribution in [2.75, 3.05) is 34.1 Å². The highest BCUT2D eigenvalue weighted by Crippen LogP contribution is 2.37. The van der Waals surface area contributed by atoms with Crippen LogP contribution in [0, 0.1) is 17.5 Å². The number of rotatable bonds is 5. The molecule has 2 aliphatic heterocycles. The Labute approximate surface area is 183 Å². The fraction of sp³-hybridized carbons (Fsp3) is 0.524. The second-order valence-electron chi connectivity index (χ2n) is 8.44. The molecular formula is C21H25F3N6O2. The molecule has 1 aromatic carbocycles. The van der Waals surface area contributed by atoms with Crippen LogP contribution < -0.4 is 20.9 Å². The van der Waals surface area contributed by atoms with Crippen molar-refractivity contribution in [3.8, 4) is 0 Å². The zero-order valence-electron chi connectivity index (χ0n) is 17.3. The molecule has 0 spiro atoms. The number of nitrogens with one attached hydrogen (secondary N) is 3. The van der Waals surface area contributed by atoms with Crippen LogP contribution in [-0.4, -0.2) is 52.8 Å². The van der Waals surface area contributed by atoms with Crippen molar-refractivity contribution in [3.05, 3.63) is 35.8 Å². The maximum Gasteiger partial charge on any atom is 0.224 e. The monoisotopic (exact) mass is 450 g/mol. The number of fused-ring (bicyclic) bond motifs is 1. The summed E-state index contributed by atoms with van der Waals surface area (Å²) in [6.45, 7) is 1.02. The van der Waals surface area contributed by atoms with Crippen molar-refractivity contribution in [2.45, 2.75) is 56.6 Å². The summed E-state index contributed by atoms with van der Waals surface area (Å²) in [5, 5.41) is 19.0. The van der Waals surface area contributed by atoms with Gasteiger partial charge in [-0.2, -0.15) is 4.98 Å². The van der Waals surface area contributed by atoms with Crippen molar-refractivity contribution in [2.24, 2.45) is 0 Å². The van der Waals surface area contributed by atoms with Gasteiger partial charge in [-0.1, -0.05) is 0 Å². The molecule has 11 heteroatoms. The van der Waals surface area contributed by atoms with Crippen LogP contribution in [-0.2, 0) is 4.74 Å². The minimum absolute atomic E-state index is 0.0691. The van der Waals surface area contributed by atoms with Gasteiger partial charge in [0.15, 0.2) is 23.7 Å². The molecule has 1 saturated heterocycles. The molecule has 3 heterocycles. The zero-order valence-corrected chi connectivity index (χ0v) is 17.3. The maximum absolute atomic E-state index is 14.3. The summed E-state index contributed by atoms with van der Waals surface area (Å²) in [7, 11) is 0. The van der Waals surface area contributed by atoms with Gasteiger partial charge in [0.05, 0.1) is 30.6 Å². The van der Waals surface area contributed by atoms with E-state index in [1.165, 1.54) is 0 Å². The first-order chi connectivity index (χ1) is 15.5. The number of aliphatic hydroxyl groups excluding tert-OH is 1. The van der Waals surface area contributed by atoms with Gasteiger partial charge >= 0.3 is 0 Å². The highest BCUT2D eigenvalue weighted by molar-refractivity contribution is 5.74. The molecule has 172 valence electrons. The van der Waals surface area contributed by atoms with E-state index < -0.39 is 29.4 Å². The number of aromatic nitrogens is 2. The summed E-state index contributed by atoms with van der Waals surface area (Å²) in [6.07, 6.45) is 4.49. The Hall–Kier alpha value is -2.79. The van der Waals surface area contributed by atoms with Crippen LogP contribution in [0.4, 0.5) is 36.3 Å². The quantitative estimate of drug-likeness (QED) is 0.553. The number of hydrogen-bond acceptors (Lipinski definition) is 8. The first-order valence-corrected chi connectivity index (χ1v) is 10.8. The molecule has 0 amide bonds. The Morgan fingerprint density at radius 3 is 2.50 bits per heavy atom. The molecule has 3 aliphatic rings. The molecule has 1 saturated carbocycles. The molecule has 32 heavy (non-hydrogen) atoms. The number of halogens is 3. The lowest BCUT2D eigenvalue weighted by Crippen LogP contribution is -2.48. The predicted octanol–water partition coefficient (Wildman–Crippen LogP) is 3.03. The minimum atomic E-state index is -1.02. The van der Waals surface area contributed by atoms with Gasteiger partial charge < -0.3 is 30.7 Å². The molecule has 1 unspecified atom stereocenters. The molecule has 2 atom stereocenters. The van der Waals surface area contributed by atoms with Crippen LogP contribution in [0.5, 0.6) is 0 Å².